The lowest BCUT2D eigenvalue weighted by Crippen LogP contribution is -2.63. The van der Waals surface area contributed by atoms with Crippen molar-refractivity contribution < 1.29 is 47.6 Å². The van der Waals surface area contributed by atoms with Crippen molar-refractivity contribution in [3.63, 3.8) is 0 Å². The van der Waals surface area contributed by atoms with Gasteiger partial charge in [-0.2, -0.15) is 0 Å². The van der Waals surface area contributed by atoms with Crippen LogP contribution in [0.25, 0.3) is 0 Å². The van der Waals surface area contributed by atoms with Gasteiger partial charge in [-0.05, 0) is 110 Å². The summed E-state index contributed by atoms with van der Waals surface area (Å²) in [6.07, 6.45) is 8.77. The fourth-order valence-electron chi connectivity index (χ4n) is 11.9. The van der Waals surface area contributed by atoms with E-state index >= 15 is 0 Å². The first-order valence-electron chi connectivity index (χ1n) is 20.0. The Morgan fingerprint density at radius 2 is 1.33 bits per heavy atom. The average molecular weight is 719 g/mol. The molecule has 0 bridgehead atoms. The highest BCUT2D eigenvalue weighted by Gasteiger charge is 2.61. The van der Waals surface area contributed by atoms with E-state index in [1.54, 1.807) is 0 Å². The first kappa shape index (κ1) is 40.0. The van der Waals surface area contributed by atoms with Crippen LogP contribution in [-0.2, 0) is 47.6 Å². The number of carbonyl (C=O) groups is 4. The standard InChI is InChI=1S/C41H66O10/c1-23(2)11-10-12-24(3)32-15-16-33-31-14-13-29-21-30(17-19-40(29,8)34(31)18-20-41(32,33)9)50-39-38(49-28(7)45)37(48-27(6)44)36(47-26(5)43)35(51-39)22-46-25(4)42/h23-24,29-39H,10-22H2,1-9H3/t24-,29+,30-,31-,32-,33+,34+,35+,36-,37+,38-,39+,40-,41+/m1/s1. The van der Waals surface area contributed by atoms with E-state index in [1.807, 2.05) is 0 Å². The zero-order valence-electron chi connectivity index (χ0n) is 32.8. The van der Waals surface area contributed by atoms with Crippen molar-refractivity contribution in [3.8, 4) is 0 Å². The van der Waals surface area contributed by atoms with Gasteiger partial charge in [-0.1, -0.05) is 53.9 Å². The molecule has 0 spiro atoms. The van der Waals surface area contributed by atoms with Gasteiger partial charge in [0.15, 0.2) is 24.6 Å². The smallest absolute Gasteiger partial charge is 0.303 e. The van der Waals surface area contributed by atoms with Gasteiger partial charge in [-0.25, -0.2) is 0 Å². The van der Waals surface area contributed by atoms with Crippen molar-refractivity contribution in [2.75, 3.05) is 6.61 Å². The van der Waals surface area contributed by atoms with Gasteiger partial charge in [-0.3, -0.25) is 19.2 Å². The summed E-state index contributed by atoms with van der Waals surface area (Å²) in [5, 5.41) is 0. The third-order valence-electron chi connectivity index (χ3n) is 14.1. The fourth-order valence-corrected chi connectivity index (χ4v) is 11.9. The predicted octanol–water partition coefficient (Wildman–Crippen LogP) is 7.58. The number of fused-ring (bicyclic) bond motifs is 5. The summed E-state index contributed by atoms with van der Waals surface area (Å²) in [5.74, 6) is 2.78. The molecule has 51 heavy (non-hydrogen) atoms. The maximum atomic E-state index is 12.3. The second-order valence-electron chi connectivity index (χ2n) is 17.8. The highest BCUT2D eigenvalue weighted by molar-refractivity contribution is 5.68. The molecule has 5 aliphatic rings. The number of rotatable bonds is 12. The minimum absolute atomic E-state index is 0.170. The van der Waals surface area contributed by atoms with Gasteiger partial charge < -0.3 is 28.4 Å². The average Bonchev–Trinajstić information content (AvgIpc) is 3.39. The van der Waals surface area contributed by atoms with Crippen LogP contribution in [0.5, 0.6) is 0 Å². The van der Waals surface area contributed by atoms with E-state index < -0.39 is 54.6 Å². The van der Waals surface area contributed by atoms with Crippen LogP contribution >= 0.6 is 0 Å². The number of hydrogen-bond donors (Lipinski definition) is 0. The van der Waals surface area contributed by atoms with Crippen LogP contribution in [0.2, 0.25) is 0 Å². The molecule has 0 radical (unpaired) electrons. The fraction of sp³-hybridized carbons (Fsp3) is 0.902. The molecule has 4 saturated carbocycles. The van der Waals surface area contributed by atoms with E-state index in [0.29, 0.717) is 11.3 Å². The molecule has 5 rings (SSSR count). The van der Waals surface area contributed by atoms with E-state index in [9.17, 15) is 19.2 Å². The van der Waals surface area contributed by atoms with Gasteiger partial charge >= 0.3 is 23.9 Å². The van der Waals surface area contributed by atoms with Gasteiger partial charge in [0.05, 0.1) is 6.10 Å². The van der Waals surface area contributed by atoms with Gasteiger partial charge in [0.25, 0.3) is 0 Å². The molecule has 1 heterocycles. The number of carbonyl (C=O) groups excluding carboxylic acids is 4. The highest BCUT2D eigenvalue weighted by Crippen LogP contribution is 2.68. The summed E-state index contributed by atoms with van der Waals surface area (Å²) in [7, 11) is 0. The van der Waals surface area contributed by atoms with Gasteiger partial charge in [0.1, 0.15) is 12.7 Å². The molecule has 290 valence electrons. The first-order valence-corrected chi connectivity index (χ1v) is 20.0. The molecule has 0 N–H and O–H groups in total. The Balaban J connectivity index is 1.29. The summed E-state index contributed by atoms with van der Waals surface area (Å²) in [6.45, 7) is 17.1. The zero-order valence-corrected chi connectivity index (χ0v) is 32.8. The van der Waals surface area contributed by atoms with Crippen LogP contribution in [-0.4, -0.2) is 67.3 Å². The van der Waals surface area contributed by atoms with Gasteiger partial charge in [0.2, 0.25) is 0 Å². The zero-order chi connectivity index (χ0) is 37.2. The molecular weight excluding hydrogens is 652 g/mol. The molecule has 14 atom stereocenters. The van der Waals surface area contributed by atoms with E-state index in [4.69, 9.17) is 28.4 Å². The van der Waals surface area contributed by atoms with Crippen molar-refractivity contribution in [2.24, 2.45) is 52.3 Å². The molecule has 1 saturated heterocycles. The van der Waals surface area contributed by atoms with Crippen molar-refractivity contribution in [1.29, 1.82) is 0 Å². The third-order valence-corrected chi connectivity index (χ3v) is 14.1. The second kappa shape index (κ2) is 16.4. The second-order valence-corrected chi connectivity index (χ2v) is 17.8. The van der Waals surface area contributed by atoms with Crippen LogP contribution in [0.3, 0.4) is 0 Å². The lowest BCUT2D eigenvalue weighted by atomic mass is 9.44. The molecule has 1 aliphatic heterocycles. The van der Waals surface area contributed by atoms with Crippen LogP contribution in [0.1, 0.15) is 139 Å². The summed E-state index contributed by atoms with van der Waals surface area (Å²) >= 11 is 0. The maximum absolute atomic E-state index is 12.3. The van der Waals surface area contributed by atoms with Crippen LogP contribution in [0.15, 0.2) is 0 Å². The normalized spacial score (nSPS) is 41.0. The van der Waals surface area contributed by atoms with Gasteiger partial charge in [-0.15, -0.1) is 0 Å². The number of esters is 4. The predicted molar refractivity (Wildman–Crippen MR) is 190 cm³/mol. The molecule has 4 aliphatic carbocycles. The summed E-state index contributed by atoms with van der Waals surface area (Å²) in [6, 6.07) is 0. The monoisotopic (exact) mass is 718 g/mol. The Morgan fingerprint density at radius 3 is 1.98 bits per heavy atom. The van der Waals surface area contributed by atoms with Crippen molar-refractivity contribution in [3.05, 3.63) is 0 Å². The van der Waals surface area contributed by atoms with E-state index in [0.717, 1.165) is 54.8 Å². The first-order chi connectivity index (χ1) is 24.0. The SMILES string of the molecule is CC(=O)OC[C@@H]1O[C@H](O[C@@H]2CC[C@]3(C)[C@@H](CC[C@@H]4[C@@H]5CC[C@H]([C@H](C)CCCC(C)C)[C@]5(C)CC[C@@H]43)C2)[C@H](OC(C)=O)[C@@H](OC(C)=O)[C@@H]1OC(C)=O. The molecular formula is C41H66O10. The van der Waals surface area contributed by atoms with Crippen molar-refractivity contribution in [2.45, 2.75) is 176 Å². The molecule has 5 fully saturated rings. The van der Waals surface area contributed by atoms with Crippen LogP contribution in [0.4, 0.5) is 0 Å². The summed E-state index contributed by atoms with van der Waals surface area (Å²) in [5.41, 5.74) is 0.698. The van der Waals surface area contributed by atoms with Crippen molar-refractivity contribution in [1.82, 2.24) is 0 Å². The molecule has 0 aromatic rings. The lowest BCUT2D eigenvalue weighted by molar-refractivity contribution is -0.321. The Bertz CT molecular complexity index is 1250. The summed E-state index contributed by atoms with van der Waals surface area (Å²) < 4.78 is 35.1. The van der Waals surface area contributed by atoms with Crippen LogP contribution < -0.4 is 0 Å². The molecule has 10 heteroatoms. The topological polar surface area (TPSA) is 124 Å². The Labute approximate surface area is 306 Å². The molecule has 10 nitrogen and oxygen atoms in total. The Kier molecular flexibility index (Phi) is 12.9. The van der Waals surface area contributed by atoms with E-state index in [-0.39, 0.29) is 18.1 Å². The molecule has 0 unspecified atom stereocenters. The Morgan fingerprint density at radius 1 is 0.706 bits per heavy atom. The van der Waals surface area contributed by atoms with Gasteiger partial charge in [0, 0.05) is 27.7 Å². The minimum Gasteiger partial charge on any atom is -0.463 e. The highest BCUT2D eigenvalue weighted by atomic mass is 16.7. The molecule has 0 aromatic carbocycles. The van der Waals surface area contributed by atoms with Crippen LogP contribution in [0, 0.1) is 52.3 Å². The maximum Gasteiger partial charge on any atom is 0.303 e. The minimum atomic E-state index is -1.22. The number of hydrogen-bond acceptors (Lipinski definition) is 10. The summed E-state index contributed by atoms with van der Waals surface area (Å²) in [4.78, 5) is 48.5. The Hall–Kier alpha value is -2.20. The lowest BCUT2D eigenvalue weighted by Gasteiger charge is -2.61. The quantitative estimate of drug-likeness (QED) is 0.113. The number of ether oxygens (including phenoxy) is 6. The largest absolute Gasteiger partial charge is 0.463 e. The van der Waals surface area contributed by atoms with E-state index in [1.165, 1.54) is 85.5 Å². The van der Waals surface area contributed by atoms with Crippen molar-refractivity contribution >= 4 is 23.9 Å². The van der Waals surface area contributed by atoms with E-state index in [2.05, 4.69) is 34.6 Å². The molecule has 0 amide bonds. The third kappa shape index (κ3) is 8.79. The molecule has 0 aromatic heterocycles.